The second kappa shape index (κ2) is 5.36. The number of fused-ring (bicyclic) bond motifs is 1. The predicted octanol–water partition coefficient (Wildman–Crippen LogP) is 2.85. The van der Waals surface area contributed by atoms with Crippen molar-refractivity contribution in [3.8, 4) is 0 Å². The van der Waals surface area contributed by atoms with E-state index in [0.717, 1.165) is 0 Å². The third-order valence-electron chi connectivity index (χ3n) is 3.08. The maximum atomic E-state index is 12.2. The van der Waals surface area contributed by atoms with Crippen LogP contribution in [0.3, 0.4) is 0 Å². The normalized spacial score (nSPS) is 12.7. The Morgan fingerprint density at radius 1 is 1.35 bits per heavy atom. The molecular formula is C14H11ClN2O2S. The fourth-order valence-electron chi connectivity index (χ4n) is 2.05. The largest absolute Gasteiger partial charge is 0.386 e. The Hall–Kier alpha value is -1.69. The Morgan fingerprint density at radius 3 is 2.95 bits per heavy atom. The van der Waals surface area contributed by atoms with Gasteiger partial charge in [-0.3, -0.25) is 9.36 Å². The first-order valence-corrected chi connectivity index (χ1v) is 7.27. The van der Waals surface area contributed by atoms with Crippen LogP contribution < -0.4 is 5.56 Å². The van der Waals surface area contributed by atoms with Crippen LogP contribution in [0.1, 0.15) is 11.7 Å². The van der Waals surface area contributed by atoms with Crippen molar-refractivity contribution < 1.29 is 5.11 Å². The molecule has 0 aliphatic carbocycles. The molecule has 1 aromatic carbocycles. The minimum Gasteiger partial charge on any atom is -0.386 e. The topological polar surface area (TPSA) is 55.1 Å². The summed E-state index contributed by atoms with van der Waals surface area (Å²) in [5.41, 5.74) is 0.453. The highest BCUT2D eigenvalue weighted by atomic mass is 35.5. The van der Waals surface area contributed by atoms with Crippen molar-refractivity contribution >= 4 is 33.2 Å². The van der Waals surface area contributed by atoms with Crippen molar-refractivity contribution in [1.82, 2.24) is 9.55 Å². The van der Waals surface area contributed by atoms with Crippen molar-refractivity contribution in [2.45, 2.75) is 12.6 Å². The number of halogens is 1. The first-order chi connectivity index (χ1) is 9.66. The summed E-state index contributed by atoms with van der Waals surface area (Å²) in [4.78, 5) is 17.1. The smallest absolute Gasteiger partial charge is 0.262 e. The number of aromatic nitrogens is 2. The second-order valence-corrected chi connectivity index (χ2v) is 5.68. The van der Waals surface area contributed by atoms with Crippen LogP contribution in [-0.2, 0) is 6.54 Å². The fraction of sp³-hybridized carbons (Fsp3) is 0.143. The van der Waals surface area contributed by atoms with Crippen LogP contribution in [0.4, 0.5) is 0 Å². The van der Waals surface area contributed by atoms with Crippen molar-refractivity contribution in [3.63, 3.8) is 0 Å². The van der Waals surface area contributed by atoms with Gasteiger partial charge in [0.1, 0.15) is 4.83 Å². The van der Waals surface area contributed by atoms with Gasteiger partial charge in [0, 0.05) is 10.6 Å². The van der Waals surface area contributed by atoms with Crippen LogP contribution >= 0.6 is 22.9 Å². The van der Waals surface area contributed by atoms with Gasteiger partial charge in [-0.25, -0.2) is 4.98 Å². The molecule has 3 rings (SSSR count). The maximum Gasteiger partial charge on any atom is 0.262 e. The second-order valence-electron chi connectivity index (χ2n) is 4.38. The molecule has 0 aliphatic heterocycles. The third-order valence-corrected chi connectivity index (χ3v) is 4.25. The Balaban J connectivity index is 1.95. The number of hydrogen-bond acceptors (Lipinski definition) is 4. The van der Waals surface area contributed by atoms with Gasteiger partial charge in [-0.15, -0.1) is 11.3 Å². The molecule has 0 saturated heterocycles. The molecule has 1 unspecified atom stereocenters. The van der Waals surface area contributed by atoms with Crippen LogP contribution in [0.5, 0.6) is 0 Å². The fourth-order valence-corrected chi connectivity index (χ4v) is 3.04. The highest BCUT2D eigenvalue weighted by Gasteiger charge is 2.14. The van der Waals surface area contributed by atoms with E-state index in [1.165, 1.54) is 22.2 Å². The number of aliphatic hydroxyl groups is 1. The zero-order valence-electron chi connectivity index (χ0n) is 10.4. The molecule has 2 aromatic heterocycles. The molecule has 1 atom stereocenters. The molecule has 0 saturated carbocycles. The summed E-state index contributed by atoms with van der Waals surface area (Å²) >= 11 is 7.46. The van der Waals surface area contributed by atoms with E-state index in [9.17, 15) is 9.90 Å². The van der Waals surface area contributed by atoms with Crippen LogP contribution in [0, 0.1) is 0 Å². The molecule has 2 heterocycles. The SMILES string of the molecule is O=c1c2ccsc2ncn1CC(O)c1ccccc1Cl. The molecule has 0 amide bonds. The van der Waals surface area contributed by atoms with Crippen LogP contribution in [0.15, 0.2) is 46.8 Å². The van der Waals surface area contributed by atoms with Crippen molar-refractivity contribution in [2.75, 3.05) is 0 Å². The van der Waals surface area contributed by atoms with E-state index >= 15 is 0 Å². The lowest BCUT2D eigenvalue weighted by atomic mass is 10.1. The lowest BCUT2D eigenvalue weighted by Gasteiger charge is -2.14. The number of benzene rings is 1. The summed E-state index contributed by atoms with van der Waals surface area (Å²) in [5.74, 6) is 0. The monoisotopic (exact) mass is 306 g/mol. The maximum absolute atomic E-state index is 12.2. The zero-order chi connectivity index (χ0) is 14.1. The first kappa shape index (κ1) is 13.3. The lowest BCUT2D eigenvalue weighted by Crippen LogP contribution is -2.23. The molecule has 0 fully saturated rings. The molecule has 0 radical (unpaired) electrons. The van der Waals surface area contributed by atoms with Gasteiger partial charge in [0.2, 0.25) is 0 Å². The van der Waals surface area contributed by atoms with Gasteiger partial charge in [-0.2, -0.15) is 0 Å². The number of rotatable bonds is 3. The summed E-state index contributed by atoms with van der Waals surface area (Å²) in [6, 6.07) is 8.79. The highest BCUT2D eigenvalue weighted by molar-refractivity contribution is 7.16. The van der Waals surface area contributed by atoms with Gasteiger partial charge in [-0.1, -0.05) is 29.8 Å². The third kappa shape index (κ3) is 2.35. The Morgan fingerprint density at radius 2 is 2.15 bits per heavy atom. The molecule has 0 aliphatic rings. The first-order valence-electron chi connectivity index (χ1n) is 6.02. The van der Waals surface area contributed by atoms with E-state index in [2.05, 4.69) is 4.98 Å². The number of aliphatic hydroxyl groups excluding tert-OH is 1. The molecule has 4 nitrogen and oxygen atoms in total. The van der Waals surface area contributed by atoms with Gasteiger partial charge in [0.25, 0.3) is 5.56 Å². The Bertz CT molecular complexity index is 812. The molecule has 20 heavy (non-hydrogen) atoms. The summed E-state index contributed by atoms with van der Waals surface area (Å²) in [6.45, 7) is 0.126. The molecule has 0 bridgehead atoms. The van der Waals surface area contributed by atoms with Crippen molar-refractivity contribution in [1.29, 1.82) is 0 Å². The number of nitrogens with zero attached hydrogens (tertiary/aromatic N) is 2. The predicted molar refractivity (Wildman–Crippen MR) is 80.3 cm³/mol. The summed E-state index contributed by atoms with van der Waals surface area (Å²) in [5, 5.41) is 13.1. The van der Waals surface area contributed by atoms with Gasteiger partial charge in [0.05, 0.1) is 24.4 Å². The van der Waals surface area contributed by atoms with Crippen LogP contribution in [0.2, 0.25) is 5.02 Å². The molecule has 3 aromatic rings. The van der Waals surface area contributed by atoms with Crippen LogP contribution in [-0.4, -0.2) is 14.7 Å². The molecule has 6 heteroatoms. The van der Waals surface area contributed by atoms with E-state index in [1.807, 2.05) is 5.38 Å². The highest BCUT2D eigenvalue weighted by Crippen LogP contribution is 2.23. The molecule has 1 N–H and O–H groups in total. The van der Waals surface area contributed by atoms with E-state index < -0.39 is 6.10 Å². The quantitative estimate of drug-likeness (QED) is 0.809. The van der Waals surface area contributed by atoms with E-state index in [1.54, 1.807) is 30.3 Å². The molecule has 102 valence electrons. The zero-order valence-corrected chi connectivity index (χ0v) is 11.9. The minimum absolute atomic E-state index is 0.126. The standard InChI is InChI=1S/C14H11ClN2O2S/c15-11-4-2-1-3-9(11)12(18)7-17-8-16-13-10(14(17)19)5-6-20-13/h1-6,8,12,18H,7H2. The van der Waals surface area contributed by atoms with Crippen molar-refractivity contribution in [3.05, 3.63) is 63.0 Å². The van der Waals surface area contributed by atoms with Gasteiger partial charge in [-0.05, 0) is 17.5 Å². The van der Waals surface area contributed by atoms with Gasteiger partial charge < -0.3 is 5.11 Å². The minimum atomic E-state index is -0.848. The summed E-state index contributed by atoms with van der Waals surface area (Å²) in [7, 11) is 0. The molecular weight excluding hydrogens is 296 g/mol. The number of thiophene rings is 1. The average Bonchev–Trinajstić information content (AvgIpc) is 2.91. The van der Waals surface area contributed by atoms with Gasteiger partial charge in [0.15, 0.2) is 0 Å². The van der Waals surface area contributed by atoms with E-state index in [4.69, 9.17) is 11.6 Å². The average molecular weight is 307 g/mol. The van der Waals surface area contributed by atoms with Crippen molar-refractivity contribution in [2.24, 2.45) is 0 Å². The summed E-state index contributed by atoms with van der Waals surface area (Å²) in [6.07, 6.45) is 0.612. The van der Waals surface area contributed by atoms with Gasteiger partial charge >= 0.3 is 0 Å². The summed E-state index contributed by atoms with van der Waals surface area (Å²) < 4.78 is 1.41. The molecule has 0 spiro atoms. The van der Waals surface area contributed by atoms with E-state index in [-0.39, 0.29) is 12.1 Å². The van der Waals surface area contributed by atoms with E-state index in [0.29, 0.717) is 20.8 Å². The Labute approximate surface area is 123 Å². The number of hydrogen-bond donors (Lipinski definition) is 1. The lowest BCUT2D eigenvalue weighted by molar-refractivity contribution is 0.155. The van der Waals surface area contributed by atoms with Crippen LogP contribution in [0.25, 0.3) is 10.2 Å². The Kier molecular flexibility index (Phi) is 3.56.